The highest BCUT2D eigenvalue weighted by Crippen LogP contribution is 2.44. The number of rotatable bonds is 2. The maximum Gasteiger partial charge on any atom is 0.174 e. The normalized spacial score (nSPS) is 18.4. The first-order valence-electron chi connectivity index (χ1n) is 4.83. The first-order valence-corrected chi connectivity index (χ1v) is 4.83. The molecule has 0 saturated heterocycles. The maximum atomic E-state index is 13.7. The van der Waals surface area contributed by atoms with Crippen LogP contribution in [0.5, 0.6) is 5.75 Å². The van der Waals surface area contributed by atoms with Gasteiger partial charge in [0.2, 0.25) is 0 Å². The van der Waals surface area contributed by atoms with Crippen LogP contribution in [0.15, 0.2) is 12.1 Å². The van der Waals surface area contributed by atoms with Crippen molar-refractivity contribution in [2.75, 3.05) is 7.11 Å². The Balaban J connectivity index is 2.53. The number of hydrogen-bond acceptors (Lipinski definition) is 2. The van der Waals surface area contributed by atoms with Gasteiger partial charge in [-0.2, -0.15) is 0 Å². The van der Waals surface area contributed by atoms with Crippen LogP contribution in [0.4, 0.5) is 8.78 Å². The van der Waals surface area contributed by atoms with Crippen LogP contribution in [-0.2, 0) is 5.60 Å². The van der Waals surface area contributed by atoms with Crippen LogP contribution in [0, 0.1) is 11.6 Å². The van der Waals surface area contributed by atoms with Crippen LogP contribution < -0.4 is 4.74 Å². The number of halogens is 2. The Kier molecular flexibility index (Phi) is 2.38. The zero-order valence-electron chi connectivity index (χ0n) is 8.39. The van der Waals surface area contributed by atoms with Gasteiger partial charge in [0.05, 0.1) is 18.3 Å². The predicted octanol–water partition coefficient (Wildman–Crippen LogP) is 2.34. The average Bonchev–Trinajstić information content (AvgIpc) is 2.15. The highest BCUT2D eigenvalue weighted by atomic mass is 19.1. The zero-order chi connectivity index (χ0) is 11.1. The molecular formula is C11H12F2O2. The standard InChI is InChI=1S/C11H12F2O2/c1-15-8-4-3-7(12)9(10(8)13)11(14)5-2-6-11/h3-4,14H,2,5-6H2,1H3. The SMILES string of the molecule is COc1ccc(F)c(C2(O)CCC2)c1F. The highest BCUT2D eigenvalue weighted by Gasteiger charge is 2.41. The summed E-state index contributed by atoms with van der Waals surface area (Å²) in [7, 11) is 1.31. The molecule has 0 aliphatic heterocycles. The van der Waals surface area contributed by atoms with Gasteiger partial charge in [-0.3, -0.25) is 0 Å². The molecule has 0 unspecified atom stereocenters. The molecule has 0 heterocycles. The summed E-state index contributed by atoms with van der Waals surface area (Å²) in [4.78, 5) is 0. The minimum atomic E-state index is -1.34. The van der Waals surface area contributed by atoms with Crippen LogP contribution in [0.3, 0.4) is 0 Å². The quantitative estimate of drug-likeness (QED) is 0.818. The van der Waals surface area contributed by atoms with E-state index in [9.17, 15) is 13.9 Å². The predicted molar refractivity (Wildman–Crippen MR) is 50.7 cm³/mol. The molecular weight excluding hydrogens is 202 g/mol. The molecule has 82 valence electrons. The summed E-state index contributed by atoms with van der Waals surface area (Å²) in [5.74, 6) is -1.54. The number of benzene rings is 1. The summed E-state index contributed by atoms with van der Waals surface area (Å²) in [5.41, 5.74) is -1.60. The molecule has 4 heteroatoms. The lowest BCUT2D eigenvalue weighted by molar-refractivity contribution is -0.0449. The van der Waals surface area contributed by atoms with Crippen molar-refractivity contribution in [3.05, 3.63) is 29.3 Å². The van der Waals surface area contributed by atoms with E-state index >= 15 is 0 Å². The molecule has 1 aliphatic carbocycles. The van der Waals surface area contributed by atoms with Gasteiger partial charge in [-0.05, 0) is 31.4 Å². The van der Waals surface area contributed by atoms with E-state index in [1.54, 1.807) is 0 Å². The van der Waals surface area contributed by atoms with Crippen molar-refractivity contribution < 1.29 is 18.6 Å². The topological polar surface area (TPSA) is 29.5 Å². The van der Waals surface area contributed by atoms with Crippen molar-refractivity contribution >= 4 is 0 Å². The average molecular weight is 214 g/mol. The zero-order valence-corrected chi connectivity index (χ0v) is 8.39. The third kappa shape index (κ3) is 1.49. The summed E-state index contributed by atoms with van der Waals surface area (Å²) in [5, 5.41) is 9.93. The van der Waals surface area contributed by atoms with Crippen LogP contribution in [0.2, 0.25) is 0 Å². The van der Waals surface area contributed by atoms with Crippen LogP contribution in [0.25, 0.3) is 0 Å². The van der Waals surface area contributed by atoms with E-state index in [4.69, 9.17) is 4.74 Å². The third-order valence-corrected chi connectivity index (χ3v) is 2.92. The maximum absolute atomic E-state index is 13.7. The molecule has 1 aliphatic rings. The largest absolute Gasteiger partial charge is 0.494 e. The van der Waals surface area contributed by atoms with Crippen molar-refractivity contribution in [2.45, 2.75) is 24.9 Å². The molecule has 1 saturated carbocycles. The molecule has 0 aromatic heterocycles. The molecule has 15 heavy (non-hydrogen) atoms. The number of methoxy groups -OCH3 is 1. The fourth-order valence-corrected chi connectivity index (χ4v) is 1.88. The Bertz CT molecular complexity index is 386. The smallest absolute Gasteiger partial charge is 0.174 e. The lowest BCUT2D eigenvalue weighted by Crippen LogP contribution is -2.35. The lowest BCUT2D eigenvalue weighted by atomic mass is 9.74. The fraction of sp³-hybridized carbons (Fsp3) is 0.455. The highest BCUT2D eigenvalue weighted by molar-refractivity contribution is 5.37. The van der Waals surface area contributed by atoms with Crippen LogP contribution >= 0.6 is 0 Å². The fourth-order valence-electron chi connectivity index (χ4n) is 1.88. The van der Waals surface area contributed by atoms with Crippen molar-refractivity contribution in [2.24, 2.45) is 0 Å². The van der Waals surface area contributed by atoms with Gasteiger partial charge in [-0.25, -0.2) is 8.78 Å². The summed E-state index contributed by atoms with van der Waals surface area (Å²) >= 11 is 0. The van der Waals surface area contributed by atoms with E-state index in [0.717, 1.165) is 12.5 Å². The van der Waals surface area contributed by atoms with Crippen molar-refractivity contribution in [3.63, 3.8) is 0 Å². The second-order valence-corrected chi connectivity index (χ2v) is 3.82. The van der Waals surface area contributed by atoms with Crippen LogP contribution in [0.1, 0.15) is 24.8 Å². The van der Waals surface area contributed by atoms with Gasteiger partial charge < -0.3 is 9.84 Å². The number of ether oxygens (including phenoxy) is 1. The van der Waals surface area contributed by atoms with Gasteiger partial charge in [0.1, 0.15) is 5.82 Å². The van der Waals surface area contributed by atoms with Gasteiger partial charge in [-0.15, -0.1) is 0 Å². The van der Waals surface area contributed by atoms with Gasteiger partial charge in [0.15, 0.2) is 11.6 Å². The molecule has 2 rings (SSSR count). The Morgan fingerprint density at radius 1 is 1.33 bits per heavy atom. The van der Waals surface area contributed by atoms with E-state index in [1.165, 1.54) is 13.2 Å². The molecule has 1 fully saturated rings. The molecule has 1 aromatic rings. The molecule has 0 atom stereocenters. The summed E-state index contributed by atoms with van der Waals surface area (Å²) in [6, 6.07) is 2.34. The summed E-state index contributed by atoms with van der Waals surface area (Å²) in [6.07, 6.45) is 1.58. The Morgan fingerprint density at radius 2 is 2.00 bits per heavy atom. The monoisotopic (exact) mass is 214 g/mol. The van der Waals surface area contributed by atoms with E-state index in [-0.39, 0.29) is 11.3 Å². The number of hydrogen-bond donors (Lipinski definition) is 1. The number of aliphatic hydroxyl groups is 1. The minimum Gasteiger partial charge on any atom is -0.494 e. The Morgan fingerprint density at radius 3 is 2.47 bits per heavy atom. The van der Waals surface area contributed by atoms with Gasteiger partial charge in [0.25, 0.3) is 0 Å². The van der Waals surface area contributed by atoms with E-state index in [2.05, 4.69) is 0 Å². The Labute approximate surface area is 86.5 Å². The van der Waals surface area contributed by atoms with Crippen molar-refractivity contribution in [3.8, 4) is 5.75 Å². The second-order valence-electron chi connectivity index (χ2n) is 3.82. The van der Waals surface area contributed by atoms with Gasteiger partial charge >= 0.3 is 0 Å². The molecule has 0 amide bonds. The lowest BCUT2D eigenvalue weighted by Gasteiger charge is -2.37. The van der Waals surface area contributed by atoms with Crippen molar-refractivity contribution in [1.29, 1.82) is 0 Å². The first-order chi connectivity index (χ1) is 7.08. The molecule has 0 bridgehead atoms. The van der Waals surface area contributed by atoms with E-state index in [0.29, 0.717) is 12.8 Å². The molecule has 1 aromatic carbocycles. The molecule has 1 N–H and O–H groups in total. The Hall–Kier alpha value is -1.16. The van der Waals surface area contributed by atoms with Crippen LogP contribution in [-0.4, -0.2) is 12.2 Å². The van der Waals surface area contributed by atoms with Gasteiger partial charge in [0, 0.05) is 0 Å². The summed E-state index contributed by atoms with van der Waals surface area (Å²) in [6.45, 7) is 0. The molecule has 0 radical (unpaired) electrons. The third-order valence-electron chi connectivity index (χ3n) is 2.92. The van der Waals surface area contributed by atoms with Gasteiger partial charge in [-0.1, -0.05) is 0 Å². The first kappa shape index (κ1) is 10.4. The molecule has 0 spiro atoms. The van der Waals surface area contributed by atoms with Crippen molar-refractivity contribution in [1.82, 2.24) is 0 Å². The molecule has 2 nitrogen and oxygen atoms in total. The summed E-state index contributed by atoms with van der Waals surface area (Å²) < 4.78 is 31.9. The second kappa shape index (κ2) is 3.45. The minimum absolute atomic E-state index is 0.0354. The van der Waals surface area contributed by atoms with E-state index in [1.807, 2.05) is 0 Å². The van der Waals surface area contributed by atoms with E-state index < -0.39 is 17.2 Å².